The lowest BCUT2D eigenvalue weighted by molar-refractivity contribution is 0.0724. The number of likely N-dealkylation sites (tertiary alicyclic amines) is 1. The minimum atomic E-state index is 0.131. The monoisotopic (exact) mass is 264 g/mol. The topological polar surface area (TPSA) is 50.2 Å². The van der Waals surface area contributed by atoms with Gasteiger partial charge in [0.15, 0.2) is 0 Å². The molecule has 0 saturated carbocycles. The lowest BCUT2D eigenvalue weighted by Gasteiger charge is -2.24. The van der Waals surface area contributed by atoms with Gasteiger partial charge in [-0.1, -0.05) is 6.92 Å². The molecule has 0 bridgehead atoms. The Hall–Kier alpha value is -1.36. The summed E-state index contributed by atoms with van der Waals surface area (Å²) in [6.45, 7) is 6.56. The molecule has 1 unspecified atom stereocenters. The molecule has 1 amide bonds. The fourth-order valence-electron chi connectivity index (χ4n) is 2.75. The van der Waals surface area contributed by atoms with Crippen molar-refractivity contribution in [3.05, 3.63) is 17.5 Å². The highest BCUT2D eigenvalue weighted by atomic mass is 16.2. The molecule has 1 aliphatic rings. The number of amides is 1. The zero-order valence-corrected chi connectivity index (χ0v) is 12.1. The molecule has 5 heteroatoms. The summed E-state index contributed by atoms with van der Waals surface area (Å²) in [5.74, 6) is 0.131. The van der Waals surface area contributed by atoms with E-state index < -0.39 is 0 Å². The van der Waals surface area contributed by atoms with Crippen molar-refractivity contribution in [1.82, 2.24) is 20.0 Å². The van der Waals surface area contributed by atoms with Crippen molar-refractivity contribution >= 4 is 5.91 Å². The summed E-state index contributed by atoms with van der Waals surface area (Å²) in [7, 11) is 1.94. The second-order valence-corrected chi connectivity index (χ2v) is 5.04. The first-order valence-electron chi connectivity index (χ1n) is 7.23. The van der Waals surface area contributed by atoms with E-state index in [9.17, 15) is 4.79 Å². The molecule has 2 rings (SSSR count). The highest BCUT2D eigenvalue weighted by Crippen LogP contribution is 2.20. The van der Waals surface area contributed by atoms with Crippen LogP contribution in [0, 0.1) is 0 Å². The van der Waals surface area contributed by atoms with E-state index in [0.717, 1.165) is 50.3 Å². The predicted octanol–water partition coefficient (Wildman–Crippen LogP) is 1.29. The Morgan fingerprint density at radius 3 is 2.95 bits per heavy atom. The fourth-order valence-corrected chi connectivity index (χ4v) is 2.75. The van der Waals surface area contributed by atoms with Crippen molar-refractivity contribution in [3.8, 4) is 0 Å². The summed E-state index contributed by atoms with van der Waals surface area (Å²) in [4.78, 5) is 14.7. The van der Waals surface area contributed by atoms with Crippen molar-refractivity contribution in [2.75, 3.05) is 20.1 Å². The van der Waals surface area contributed by atoms with Gasteiger partial charge in [0.05, 0.1) is 5.69 Å². The largest absolute Gasteiger partial charge is 0.333 e. The van der Waals surface area contributed by atoms with Crippen LogP contribution in [0.5, 0.6) is 0 Å². The number of hydrogen-bond acceptors (Lipinski definition) is 3. The van der Waals surface area contributed by atoms with E-state index in [0.29, 0.717) is 6.04 Å². The molecule has 5 nitrogen and oxygen atoms in total. The molecule has 1 aliphatic heterocycles. The molecule has 0 radical (unpaired) electrons. The third-order valence-electron chi connectivity index (χ3n) is 3.79. The van der Waals surface area contributed by atoms with Gasteiger partial charge in [0.25, 0.3) is 5.91 Å². The van der Waals surface area contributed by atoms with Gasteiger partial charge in [-0.25, -0.2) is 0 Å². The summed E-state index contributed by atoms with van der Waals surface area (Å²) in [5, 5.41) is 7.64. The number of hydrogen-bond donors (Lipinski definition) is 1. The first-order chi connectivity index (χ1) is 9.21. The number of aryl methyl sites for hydroxylation is 2. The predicted molar refractivity (Wildman–Crippen MR) is 75.3 cm³/mol. The van der Waals surface area contributed by atoms with Crippen LogP contribution >= 0.6 is 0 Å². The standard InChI is InChI=1S/C14H24N4O/c1-4-11-9-13(18(5-2)16-11)14(19)17-8-6-7-12(17)10-15-3/h9,12,15H,4-8,10H2,1-3H3. The van der Waals surface area contributed by atoms with Crippen LogP contribution in [0.1, 0.15) is 42.9 Å². The second-order valence-electron chi connectivity index (χ2n) is 5.04. The summed E-state index contributed by atoms with van der Waals surface area (Å²) in [5.41, 5.74) is 1.73. The van der Waals surface area contributed by atoms with Crippen LogP contribution in [0.25, 0.3) is 0 Å². The molecule has 1 fully saturated rings. The molecule has 0 aromatic carbocycles. The van der Waals surface area contributed by atoms with Crippen LogP contribution in [-0.4, -0.2) is 46.8 Å². The van der Waals surface area contributed by atoms with Gasteiger partial charge in [0.2, 0.25) is 0 Å². The van der Waals surface area contributed by atoms with E-state index in [1.165, 1.54) is 0 Å². The Morgan fingerprint density at radius 1 is 1.53 bits per heavy atom. The summed E-state index contributed by atoms with van der Waals surface area (Å²) in [6, 6.07) is 2.27. The van der Waals surface area contributed by atoms with E-state index in [1.54, 1.807) is 0 Å². The first-order valence-corrected chi connectivity index (χ1v) is 7.23. The second kappa shape index (κ2) is 6.19. The average molecular weight is 264 g/mol. The van der Waals surface area contributed by atoms with Crippen LogP contribution in [0.4, 0.5) is 0 Å². The Morgan fingerprint density at radius 2 is 2.32 bits per heavy atom. The van der Waals surface area contributed by atoms with Crippen molar-refractivity contribution < 1.29 is 4.79 Å². The minimum absolute atomic E-state index is 0.131. The fraction of sp³-hybridized carbons (Fsp3) is 0.714. The number of nitrogens with zero attached hydrogens (tertiary/aromatic N) is 3. The number of nitrogens with one attached hydrogen (secondary N) is 1. The maximum atomic E-state index is 12.7. The lowest BCUT2D eigenvalue weighted by atomic mass is 10.2. The maximum Gasteiger partial charge on any atom is 0.272 e. The molecule has 1 saturated heterocycles. The van der Waals surface area contributed by atoms with Gasteiger partial charge in [-0.2, -0.15) is 5.10 Å². The first kappa shape index (κ1) is 14.1. The lowest BCUT2D eigenvalue weighted by Crippen LogP contribution is -2.41. The molecule has 1 aromatic rings. The van der Waals surface area contributed by atoms with E-state index in [2.05, 4.69) is 17.3 Å². The molecular weight excluding hydrogens is 240 g/mol. The van der Waals surface area contributed by atoms with Gasteiger partial charge in [0.1, 0.15) is 5.69 Å². The summed E-state index contributed by atoms with van der Waals surface area (Å²) in [6.07, 6.45) is 3.06. The van der Waals surface area contributed by atoms with Crippen LogP contribution in [0.15, 0.2) is 6.07 Å². The van der Waals surface area contributed by atoms with Gasteiger partial charge in [-0.15, -0.1) is 0 Å². The zero-order valence-electron chi connectivity index (χ0n) is 12.1. The van der Waals surface area contributed by atoms with Gasteiger partial charge < -0.3 is 10.2 Å². The van der Waals surface area contributed by atoms with Crippen molar-refractivity contribution in [2.45, 2.75) is 45.7 Å². The van der Waals surface area contributed by atoms with Crippen LogP contribution in [0.2, 0.25) is 0 Å². The van der Waals surface area contributed by atoms with Crippen LogP contribution < -0.4 is 5.32 Å². The molecule has 106 valence electrons. The Kier molecular flexibility index (Phi) is 4.58. The van der Waals surface area contributed by atoms with E-state index in [4.69, 9.17) is 0 Å². The number of rotatable bonds is 5. The van der Waals surface area contributed by atoms with E-state index >= 15 is 0 Å². The van der Waals surface area contributed by atoms with Crippen molar-refractivity contribution in [1.29, 1.82) is 0 Å². The smallest absolute Gasteiger partial charge is 0.272 e. The number of aromatic nitrogens is 2. The molecule has 1 N–H and O–H groups in total. The number of carbonyl (C=O) groups excluding carboxylic acids is 1. The van der Waals surface area contributed by atoms with Crippen molar-refractivity contribution in [3.63, 3.8) is 0 Å². The van der Waals surface area contributed by atoms with E-state index in [-0.39, 0.29) is 5.91 Å². The zero-order chi connectivity index (χ0) is 13.8. The summed E-state index contributed by atoms with van der Waals surface area (Å²) >= 11 is 0. The molecule has 1 aromatic heterocycles. The third-order valence-corrected chi connectivity index (χ3v) is 3.79. The highest BCUT2D eigenvalue weighted by Gasteiger charge is 2.30. The van der Waals surface area contributed by atoms with Gasteiger partial charge in [-0.3, -0.25) is 9.48 Å². The Balaban J connectivity index is 2.20. The molecule has 1 atom stereocenters. The molecule has 2 heterocycles. The quantitative estimate of drug-likeness (QED) is 0.872. The van der Waals surface area contributed by atoms with E-state index in [1.807, 2.05) is 29.6 Å². The Labute approximate surface area is 115 Å². The minimum Gasteiger partial charge on any atom is -0.333 e. The average Bonchev–Trinajstić information content (AvgIpc) is 3.04. The number of carbonyl (C=O) groups is 1. The highest BCUT2D eigenvalue weighted by molar-refractivity contribution is 5.93. The number of likely N-dealkylation sites (N-methyl/N-ethyl adjacent to an activating group) is 1. The van der Waals surface area contributed by atoms with Crippen LogP contribution in [-0.2, 0) is 13.0 Å². The molecular formula is C14H24N4O. The molecule has 19 heavy (non-hydrogen) atoms. The molecule has 0 spiro atoms. The Bertz CT molecular complexity index is 441. The van der Waals surface area contributed by atoms with Gasteiger partial charge >= 0.3 is 0 Å². The van der Waals surface area contributed by atoms with Gasteiger partial charge in [0, 0.05) is 25.7 Å². The third kappa shape index (κ3) is 2.81. The summed E-state index contributed by atoms with van der Waals surface area (Å²) < 4.78 is 1.83. The SMILES string of the molecule is CCc1cc(C(=O)N2CCCC2CNC)n(CC)n1. The maximum absolute atomic E-state index is 12.7. The van der Waals surface area contributed by atoms with Gasteiger partial charge in [-0.05, 0) is 39.3 Å². The normalized spacial score (nSPS) is 19.1. The van der Waals surface area contributed by atoms with Crippen LogP contribution in [0.3, 0.4) is 0 Å². The molecule has 0 aliphatic carbocycles. The van der Waals surface area contributed by atoms with Crippen molar-refractivity contribution in [2.24, 2.45) is 0 Å².